The van der Waals surface area contributed by atoms with Crippen molar-refractivity contribution in [1.29, 1.82) is 0 Å². The third kappa shape index (κ3) is 3.19. The first kappa shape index (κ1) is 17.7. The number of nitrogen functional groups attached to an aromatic ring is 1. The molecule has 0 amide bonds. The molecule has 8 heteroatoms. The molecule has 1 unspecified atom stereocenters. The summed E-state index contributed by atoms with van der Waals surface area (Å²) in [5, 5.41) is 4.68. The molecule has 2 aromatic rings. The van der Waals surface area contributed by atoms with Crippen LogP contribution in [-0.2, 0) is 0 Å². The Morgan fingerprint density at radius 2 is 1.92 bits per heavy atom. The van der Waals surface area contributed by atoms with Gasteiger partial charge in [-0.15, -0.1) is 0 Å². The van der Waals surface area contributed by atoms with Crippen molar-refractivity contribution in [2.45, 2.75) is 55.5 Å². The van der Waals surface area contributed by atoms with Crippen LogP contribution >= 0.6 is 11.8 Å². The number of fused-ring (bicyclic) bond motifs is 1. The average molecular weight is 382 g/mol. The molecule has 2 aliphatic carbocycles. The van der Waals surface area contributed by atoms with Crippen molar-refractivity contribution >= 4 is 17.6 Å². The van der Waals surface area contributed by atoms with Crippen LogP contribution in [-0.4, -0.2) is 20.3 Å². The molecule has 140 valence electrons. The predicted octanol–water partition coefficient (Wildman–Crippen LogP) is 5.23. The van der Waals surface area contributed by atoms with Crippen LogP contribution in [0, 0.1) is 11.8 Å². The Labute approximate surface area is 154 Å². The number of hydrogen-bond donors (Lipinski definition) is 1. The second kappa shape index (κ2) is 6.18. The van der Waals surface area contributed by atoms with Gasteiger partial charge in [0.1, 0.15) is 5.82 Å². The highest BCUT2D eigenvalue weighted by Crippen LogP contribution is 2.63. The highest BCUT2D eigenvalue weighted by atomic mass is 32.2. The summed E-state index contributed by atoms with van der Waals surface area (Å²) in [6, 6.07) is 3.66. The molecule has 2 heterocycles. The molecule has 2 fully saturated rings. The normalized spacial score (nSPS) is 24.9. The number of anilines is 1. The van der Waals surface area contributed by atoms with Crippen LogP contribution in [0.5, 0.6) is 0 Å². The molecule has 4 nitrogen and oxygen atoms in total. The zero-order chi connectivity index (χ0) is 18.6. The first-order valence-electron chi connectivity index (χ1n) is 8.85. The number of rotatable bonds is 4. The van der Waals surface area contributed by atoms with Gasteiger partial charge in [-0.25, -0.2) is 4.98 Å². The number of nitrogens with zero attached hydrogens (tertiary/aromatic N) is 3. The van der Waals surface area contributed by atoms with E-state index in [0.29, 0.717) is 17.2 Å². The molecule has 0 aromatic carbocycles. The highest BCUT2D eigenvalue weighted by Gasteiger charge is 2.54. The highest BCUT2D eigenvalue weighted by molar-refractivity contribution is 8.00. The monoisotopic (exact) mass is 382 g/mol. The minimum absolute atomic E-state index is 0.0843. The van der Waals surface area contributed by atoms with E-state index in [1.165, 1.54) is 37.2 Å². The Balaban J connectivity index is 1.69. The summed E-state index contributed by atoms with van der Waals surface area (Å²) in [4.78, 5) is 3.86. The van der Waals surface area contributed by atoms with E-state index in [0.717, 1.165) is 11.8 Å². The Kier molecular flexibility index (Phi) is 4.21. The number of alkyl halides is 3. The lowest BCUT2D eigenvalue weighted by Gasteiger charge is -2.12. The third-order valence-corrected chi connectivity index (χ3v) is 6.18. The van der Waals surface area contributed by atoms with E-state index < -0.39 is 5.51 Å². The second-order valence-electron chi connectivity index (χ2n) is 7.43. The van der Waals surface area contributed by atoms with Crippen LogP contribution in [0.3, 0.4) is 0 Å². The van der Waals surface area contributed by atoms with Crippen molar-refractivity contribution in [2.75, 3.05) is 5.73 Å². The van der Waals surface area contributed by atoms with Gasteiger partial charge >= 0.3 is 5.51 Å². The lowest BCUT2D eigenvalue weighted by atomic mass is 10.1. The van der Waals surface area contributed by atoms with Gasteiger partial charge in [0, 0.05) is 29.4 Å². The van der Waals surface area contributed by atoms with Gasteiger partial charge < -0.3 is 5.73 Å². The fourth-order valence-corrected chi connectivity index (χ4v) is 4.87. The van der Waals surface area contributed by atoms with Gasteiger partial charge in [-0.05, 0) is 62.4 Å². The molecule has 0 aliphatic heterocycles. The van der Waals surface area contributed by atoms with E-state index in [1.807, 2.05) is 10.7 Å². The molecule has 26 heavy (non-hydrogen) atoms. The van der Waals surface area contributed by atoms with E-state index in [-0.39, 0.29) is 28.5 Å². The van der Waals surface area contributed by atoms with Gasteiger partial charge in [-0.3, -0.25) is 4.68 Å². The fraction of sp³-hybridized carbons (Fsp3) is 0.556. The molecule has 0 saturated heterocycles. The Morgan fingerprint density at radius 3 is 2.54 bits per heavy atom. The molecule has 4 rings (SSSR count). The maximum atomic E-state index is 12.7. The van der Waals surface area contributed by atoms with Gasteiger partial charge in [0.25, 0.3) is 0 Å². The minimum Gasteiger partial charge on any atom is -0.383 e. The van der Waals surface area contributed by atoms with Crippen LogP contribution in [0.25, 0.3) is 11.3 Å². The number of aromatic nitrogens is 3. The van der Waals surface area contributed by atoms with Crippen LogP contribution in [0.4, 0.5) is 19.0 Å². The molecule has 3 atom stereocenters. The molecule has 0 bridgehead atoms. The van der Waals surface area contributed by atoms with Gasteiger partial charge in [-0.1, -0.05) is 6.42 Å². The molecule has 2 aliphatic rings. The standard InChI is InChI=1S/C18H21F3N4S/c1-9(2)25-14(16-11-4-3-5-12(11)16)7-13(24-25)10-6-15(17(22)23-8-10)26-18(19,20)21/h6-9,11-12,16H,3-5H2,1-2H3,(H2,22,23)/t11-,12+,16?. The quantitative estimate of drug-likeness (QED) is 0.735. The molecule has 2 saturated carbocycles. The summed E-state index contributed by atoms with van der Waals surface area (Å²) in [5.41, 5.74) is 3.65. The van der Waals surface area contributed by atoms with Crippen LogP contribution in [0.2, 0.25) is 0 Å². The largest absolute Gasteiger partial charge is 0.446 e. The molecular weight excluding hydrogens is 361 g/mol. The van der Waals surface area contributed by atoms with Gasteiger partial charge in [0.05, 0.1) is 10.6 Å². The number of thioether (sulfide) groups is 1. The topological polar surface area (TPSA) is 56.7 Å². The zero-order valence-electron chi connectivity index (χ0n) is 14.6. The summed E-state index contributed by atoms with van der Waals surface area (Å²) in [7, 11) is 0. The predicted molar refractivity (Wildman–Crippen MR) is 95.7 cm³/mol. The summed E-state index contributed by atoms with van der Waals surface area (Å²) in [6.07, 6.45) is 5.34. The van der Waals surface area contributed by atoms with Crippen molar-refractivity contribution in [3.8, 4) is 11.3 Å². The summed E-state index contributed by atoms with van der Waals surface area (Å²) < 4.78 is 40.2. The van der Waals surface area contributed by atoms with Crippen LogP contribution in [0.1, 0.15) is 50.8 Å². The zero-order valence-corrected chi connectivity index (χ0v) is 15.4. The Morgan fingerprint density at radius 1 is 1.23 bits per heavy atom. The average Bonchev–Trinajstić information content (AvgIpc) is 2.92. The lowest BCUT2D eigenvalue weighted by Crippen LogP contribution is -2.08. The smallest absolute Gasteiger partial charge is 0.383 e. The van der Waals surface area contributed by atoms with Crippen molar-refractivity contribution in [3.63, 3.8) is 0 Å². The van der Waals surface area contributed by atoms with E-state index in [1.54, 1.807) is 0 Å². The number of pyridine rings is 1. The summed E-state index contributed by atoms with van der Waals surface area (Å²) in [5.74, 6) is 1.92. The minimum atomic E-state index is -4.40. The lowest BCUT2D eigenvalue weighted by molar-refractivity contribution is -0.0328. The van der Waals surface area contributed by atoms with Gasteiger partial charge in [0.2, 0.25) is 0 Å². The van der Waals surface area contributed by atoms with Crippen molar-refractivity contribution in [1.82, 2.24) is 14.8 Å². The number of halogens is 3. The molecule has 0 radical (unpaired) electrons. The third-order valence-electron chi connectivity index (χ3n) is 5.41. The first-order valence-corrected chi connectivity index (χ1v) is 9.67. The van der Waals surface area contributed by atoms with Crippen LogP contribution in [0.15, 0.2) is 23.2 Å². The fourth-order valence-electron chi connectivity index (χ4n) is 4.27. The van der Waals surface area contributed by atoms with Gasteiger partial charge in [-0.2, -0.15) is 18.3 Å². The van der Waals surface area contributed by atoms with E-state index >= 15 is 0 Å². The maximum Gasteiger partial charge on any atom is 0.446 e. The Hall–Kier alpha value is -1.70. The first-order chi connectivity index (χ1) is 12.2. The van der Waals surface area contributed by atoms with Crippen LogP contribution < -0.4 is 5.73 Å². The molecular formula is C18H21F3N4S. The number of hydrogen-bond acceptors (Lipinski definition) is 4. The molecule has 2 aromatic heterocycles. The summed E-state index contributed by atoms with van der Waals surface area (Å²) in [6.45, 7) is 4.15. The van der Waals surface area contributed by atoms with E-state index in [2.05, 4.69) is 23.9 Å². The second-order valence-corrected chi connectivity index (χ2v) is 8.54. The van der Waals surface area contributed by atoms with E-state index in [9.17, 15) is 13.2 Å². The maximum absolute atomic E-state index is 12.7. The summed E-state index contributed by atoms with van der Waals surface area (Å²) >= 11 is -0.236. The van der Waals surface area contributed by atoms with Crippen molar-refractivity contribution in [2.24, 2.45) is 11.8 Å². The van der Waals surface area contributed by atoms with Gasteiger partial charge in [0.15, 0.2) is 0 Å². The molecule has 0 spiro atoms. The van der Waals surface area contributed by atoms with Crippen molar-refractivity contribution < 1.29 is 13.2 Å². The van der Waals surface area contributed by atoms with Crippen molar-refractivity contribution in [3.05, 3.63) is 24.0 Å². The molecule has 2 N–H and O–H groups in total. The number of nitrogens with two attached hydrogens (primary N) is 1. The SMILES string of the molecule is CC(C)n1nc(-c2cnc(N)c(SC(F)(F)F)c2)cc1C1[C@H]2CCC[C@@H]12. The Bertz CT molecular complexity index is 820. The van der Waals surface area contributed by atoms with E-state index in [4.69, 9.17) is 5.73 Å².